The lowest BCUT2D eigenvalue weighted by atomic mass is 9.86. The van der Waals surface area contributed by atoms with Crippen molar-refractivity contribution < 1.29 is 19.2 Å². The zero-order valence-electron chi connectivity index (χ0n) is 34.8. The first-order valence-corrected chi connectivity index (χ1v) is 21.3. The number of imidazole rings is 2. The average molecular weight is 825 g/mol. The predicted octanol–water partition coefficient (Wildman–Crippen LogP) is 7.20. The fraction of sp³-hybridized carbons (Fsp3) is 0.292. The lowest BCUT2D eigenvalue weighted by Gasteiger charge is -2.39. The second-order valence-electron chi connectivity index (χ2n) is 17.8. The van der Waals surface area contributed by atoms with Gasteiger partial charge in [0.05, 0.1) is 23.4 Å². The smallest absolute Gasteiger partial charge is 0.318 e. The summed E-state index contributed by atoms with van der Waals surface area (Å²) < 4.78 is 0. The Kier molecular flexibility index (Phi) is 7.63. The molecule has 4 N–H and O–H groups in total. The minimum absolute atomic E-state index is 0.0549. The van der Waals surface area contributed by atoms with E-state index >= 15 is 9.59 Å². The summed E-state index contributed by atoms with van der Waals surface area (Å²) in [6.45, 7) is 1.30. The summed E-state index contributed by atoms with van der Waals surface area (Å²) in [7, 11) is 6.72. The Morgan fingerprint density at radius 2 is 1.00 bits per heavy atom. The van der Waals surface area contributed by atoms with E-state index in [-0.39, 0.29) is 35.7 Å². The second-order valence-corrected chi connectivity index (χ2v) is 17.8. The Labute approximate surface area is 355 Å². The van der Waals surface area contributed by atoms with Crippen LogP contribution in [0.4, 0.5) is 9.59 Å². The van der Waals surface area contributed by atoms with E-state index in [9.17, 15) is 9.59 Å². The molecule has 4 atom stereocenters. The van der Waals surface area contributed by atoms with E-state index in [1.165, 1.54) is 9.80 Å². The van der Waals surface area contributed by atoms with Gasteiger partial charge >= 0.3 is 12.1 Å². The molecule has 4 bridgehead atoms. The number of Topliss-reactive ketones (excluding diaryl/α,β-unsaturated/α-hetero) is 2. The van der Waals surface area contributed by atoms with Crippen LogP contribution in [0, 0.1) is 0 Å². The lowest BCUT2D eigenvalue weighted by Crippen LogP contribution is -2.61. The molecule has 8 aromatic rings. The van der Waals surface area contributed by atoms with Gasteiger partial charge in [0, 0.05) is 97.2 Å². The molecule has 4 amide bonds. The van der Waals surface area contributed by atoms with Gasteiger partial charge in [-0.1, -0.05) is 72.8 Å². The van der Waals surface area contributed by atoms with Crippen molar-refractivity contribution in [1.29, 1.82) is 0 Å². The van der Waals surface area contributed by atoms with Gasteiger partial charge in [-0.25, -0.2) is 19.6 Å². The van der Waals surface area contributed by atoms with E-state index < -0.39 is 11.3 Å². The lowest BCUT2D eigenvalue weighted by molar-refractivity contribution is 0.0454. The number of fused-ring (bicyclic) bond motifs is 18. The van der Waals surface area contributed by atoms with Crippen molar-refractivity contribution in [3.8, 4) is 11.1 Å². The van der Waals surface area contributed by atoms with Crippen LogP contribution in [0.25, 0.3) is 55.0 Å². The van der Waals surface area contributed by atoms with Crippen LogP contribution in [0.1, 0.15) is 80.7 Å². The summed E-state index contributed by atoms with van der Waals surface area (Å²) in [6.07, 6.45) is 7.18. The van der Waals surface area contributed by atoms with Crippen molar-refractivity contribution in [3.63, 3.8) is 0 Å². The zero-order valence-corrected chi connectivity index (χ0v) is 34.8. The maximum atomic E-state index is 15.2. The Morgan fingerprint density at radius 1 is 0.597 bits per heavy atom. The summed E-state index contributed by atoms with van der Waals surface area (Å²) in [5.74, 6) is -0.411. The van der Waals surface area contributed by atoms with Gasteiger partial charge in [0.15, 0.2) is 11.3 Å². The molecule has 4 aromatic carbocycles. The zero-order chi connectivity index (χ0) is 42.4. The molecule has 12 rings (SSSR count). The number of hydrogen-bond acceptors (Lipinski definition) is 8. The highest BCUT2D eigenvalue weighted by Gasteiger charge is 2.60. The van der Waals surface area contributed by atoms with Crippen molar-refractivity contribution in [2.75, 3.05) is 41.3 Å². The molecule has 14 nitrogen and oxygen atoms in total. The number of H-pyrrole nitrogens is 2. The van der Waals surface area contributed by atoms with Crippen molar-refractivity contribution in [1.82, 2.24) is 50.2 Å². The Balaban J connectivity index is 0.898. The Hall–Kier alpha value is -6.90. The molecule has 4 aliphatic rings. The SMILES string of the molecule is CN(C)C(=O)NC1(C(=O)c2ccc(-c3ccc(C(=O)C4(NC(=O)N(C)C)c5ccc6c7cnc([nH]7)c6c5C5CCCN54)cc3)cc2)c2ccc3c4cnc([nH]4)c3c2C2CCCN21. The summed E-state index contributed by atoms with van der Waals surface area (Å²) in [5.41, 5.74) is 6.99. The normalized spacial score (nSPS) is 23.0. The number of rotatable bonds is 7. The van der Waals surface area contributed by atoms with E-state index in [4.69, 9.17) is 0 Å². The number of ketones is 2. The molecule has 310 valence electrons. The molecule has 14 heteroatoms. The molecule has 8 heterocycles. The van der Waals surface area contributed by atoms with Crippen molar-refractivity contribution in [2.24, 2.45) is 0 Å². The molecule has 0 radical (unpaired) electrons. The van der Waals surface area contributed by atoms with E-state index in [0.717, 1.165) is 103 Å². The van der Waals surface area contributed by atoms with E-state index in [1.54, 1.807) is 28.2 Å². The second kappa shape index (κ2) is 12.8. The third kappa shape index (κ3) is 4.70. The molecule has 4 aliphatic heterocycles. The number of urea groups is 2. The van der Waals surface area contributed by atoms with Gasteiger partial charge in [-0.05, 0) is 47.9 Å². The highest BCUT2D eigenvalue weighted by atomic mass is 16.2. The minimum atomic E-state index is -1.42. The predicted molar refractivity (Wildman–Crippen MR) is 235 cm³/mol. The largest absolute Gasteiger partial charge is 0.338 e. The maximum Gasteiger partial charge on any atom is 0.318 e. The highest BCUT2D eigenvalue weighted by molar-refractivity contribution is 6.14. The number of pyridine rings is 2. The number of nitrogens with one attached hydrogen (secondary N) is 4. The number of carbonyl (C=O) groups excluding carboxylic acids is 4. The summed E-state index contributed by atoms with van der Waals surface area (Å²) in [4.78, 5) is 80.9. The molecule has 62 heavy (non-hydrogen) atoms. The summed E-state index contributed by atoms with van der Waals surface area (Å²) in [6, 6.07) is 22.2. The Morgan fingerprint density at radius 3 is 1.39 bits per heavy atom. The van der Waals surface area contributed by atoms with Gasteiger partial charge < -0.3 is 30.4 Å². The molecule has 2 fully saturated rings. The fourth-order valence-electron chi connectivity index (χ4n) is 11.4. The monoisotopic (exact) mass is 824 g/mol. The first-order valence-electron chi connectivity index (χ1n) is 21.3. The minimum Gasteiger partial charge on any atom is -0.338 e. The van der Waals surface area contributed by atoms with Gasteiger partial charge in [0.1, 0.15) is 11.3 Å². The van der Waals surface area contributed by atoms with Gasteiger partial charge in [-0.15, -0.1) is 0 Å². The standard InChI is InChI=1S/C48H44N10O4/c1-55(2)45(61)53-47(31-19-17-29-33-23-49-43(51-33)37(29)39(31)35-7-5-21-57(35)47)41(59)27-13-9-25(10-14-27)26-11-15-28(16-12-26)42(60)48(54-46(62)56(3)4)32-20-18-30-34-24-50-44(52-34)38(30)40(32)36-8-6-22-58(36)48/h9-20,23-24,35-36H,5-8,21-22H2,1-4H3,(H,49,51)(H,50,52)(H,53,61)(H,54,62). The van der Waals surface area contributed by atoms with Crippen LogP contribution in [-0.4, -0.2) is 104 Å². The summed E-state index contributed by atoms with van der Waals surface area (Å²) in [5, 5.41) is 10.6. The Bertz CT molecular complexity index is 2960. The number of aromatic nitrogens is 4. The van der Waals surface area contributed by atoms with E-state index in [0.29, 0.717) is 24.2 Å². The third-order valence-corrected chi connectivity index (χ3v) is 14.2. The first-order chi connectivity index (χ1) is 30.0. The van der Waals surface area contributed by atoms with Crippen LogP contribution < -0.4 is 10.6 Å². The van der Waals surface area contributed by atoms with Gasteiger partial charge in [-0.2, -0.15) is 0 Å². The van der Waals surface area contributed by atoms with Crippen LogP contribution >= 0.6 is 0 Å². The fourth-order valence-corrected chi connectivity index (χ4v) is 11.4. The van der Waals surface area contributed by atoms with Crippen LogP contribution in [0.15, 0.2) is 85.2 Å². The molecule has 2 saturated heterocycles. The van der Waals surface area contributed by atoms with Crippen LogP contribution in [0.3, 0.4) is 0 Å². The molecular formula is C48H44N10O4. The van der Waals surface area contributed by atoms with E-state index in [1.807, 2.05) is 85.2 Å². The number of aromatic amines is 2. The van der Waals surface area contributed by atoms with Crippen molar-refractivity contribution in [2.45, 2.75) is 49.1 Å². The average Bonchev–Trinajstić information content (AvgIpc) is 4.16. The number of carbonyl (C=O) groups is 4. The molecule has 4 aromatic heterocycles. The highest BCUT2D eigenvalue weighted by Crippen LogP contribution is 2.56. The number of amides is 4. The molecule has 0 aliphatic carbocycles. The van der Waals surface area contributed by atoms with Crippen LogP contribution in [0.2, 0.25) is 0 Å². The van der Waals surface area contributed by atoms with Crippen molar-refractivity contribution in [3.05, 3.63) is 119 Å². The van der Waals surface area contributed by atoms with Gasteiger partial charge in [0.25, 0.3) is 0 Å². The number of nitrogens with zero attached hydrogens (tertiary/aromatic N) is 6. The molecule has 0 saturated carbocycles. The summed E-state index contributed by atoms with van der Waals surface area (Å²) >= 11 is 0. The van der Waals surface area contributed by atoms with Gasteiger partial charge in [-0.3, -0.25) is 19.4 Å². The first kappa shape index (κ1) is 36.9. The molecule has 4 unspecified atom stereocenters. The number of benzene rings is 4. The van der Waals surface area contributed by atoms with Crippen LogP contribution in [-0.2, 0) is 11.3 Å². The third-order valence-electron chi connectivity index (χ3n) is 14.2. The number of hydrogen-bond donors (Lipinski definition) is 4. The quantitative estimate of drug-likeness (QED) is 0.123. The van der Waals surface area contributed by atoms with Crippen LogP contribution in [0.5, 0.6) is 0 Å². The molecular weight excluding hydrogens is 781 g/mol. The maximum absolute atomic E-state index is 15.2. The topological polar surface area (TPSA) is 163 Å². The van der Waals surface area contributed by atoms with Crippen molar-refractivity contribution >= 4 is 67.5 Å². The van der Waals surface area contributed by atoms with Gasteiger partial charge in [0.2, 0.25) is 11.6 Å². The van der Waals surface area contributed by atoms with E-state index in [2.05, 4.69) is 40.4 Å². The molecule has 0 spiro atoms.